The maximum Gasteiger partial charge on any atom is 0.141 e. The molecule has 1 atom stereocenters. The van der Waals surface area contributed by atoms with Crippen LogP contribution in [-0.4, -0.2) is 10.1 Å². The predicted molar refractivity (Wildman–Crippen MR) is 73.8 cm³/mol. The molecule has 1 heterocycles. The van der Waals surface area contributed by atoms with Crippen molar-refractivity contribution in [3.63, 3.8) is 0 Å². The molecule has 0 aliphatic carbocycles. The molecule has 0 fully saturated rings. The van der Waals surface area contributed by atoms with Crippen LogP contribution in [0.2, 0.25) is 0 Å². The Labute approximate surface area is 112 Å². The van der Waals surface area contributed by atoms with E-state index in [2.05, 4.69) is 10.3 Å². The van der Waals surface area contributed by atoms with E-state index in [1.54, 1.807) is 12.3 Å². The lowest BCUT2D eigenvalue weighted by atomic mass is 10.1. The van der Waals surface area contributed by atoms with E-state index in [4.69, 9.17) is 0 Å². The van der Waals surface area contributed by atoms with Gasteiger partial charge in [-0.15, -0.1) is 0 Å². The predicted octanol–water partition coefficient (Wildman–Crippen LogP) is 3.72. The van der Waals surface area contributed by atoms with Gasteiger partial charge in [0.25, 0.3) is 0 Å². The van der Waals surface area contributed by atoms with E-state index < -0.39 is 0 Å². The number of aromatic hydroxyl groups is 1. The number of nitrogens with zero attached hydrogens (tertiary/aromatic N) is 1. The number of nitrogens with one attached hydrogen (secondary N) is 1. The molecule has 100 valence electrons. The van der Waals surface area contributed by atoms with Crippen LogP contribution in [0.25, 0.3) is 0 Å². The molecule has 4 heteroatoms. The van der Waals surface area contributed by atoms with Crippen molar-refractivity contribution in [1.82, 2.24) is 4.98 Å². The van der Waals surface area contributed by atoms with Crippen LogP contribution in [0.5, 0.6) is 5.75 Å². The lowest BCUT2D eigenvalue weighted by Gasteiger charge is -2.18. The third-order valence-electron chi connectivity index (χ3n) is 3.14. The second-order valence-corrected chi connectivity index (χ2v) is 4.76. The minimum absolute atomic E-state index is 0.0640. The van der Waals surface area contributed by atoms with Crippen LogP contribution in [0.1, 0.15) is 29.7 Å². The quantitative estimate of drug-likeness (QED) is 0.827. The number of hydrogen-bond donors (Lipinski definition) is 2. The van der Waals surface area contributed by atoms with Gasteiger partial charge in [-0.3, -0.25) is 4.98 Å². The van der Waals surface area contributed by atoms with E-state index >= 15 is 0 Å². The molecule has 0 radical (unpaired) electrons. The molecule has 1 aromatic carbocycles. The smallest absolute Gasteiger partial charge is 0.141 e. The Kier molecular flexibility index (Phi) is 3.69. The van der Waals surface area contributed by atoms with E-state index in [9.17, 15) is 9.50 Å². The number of phenols is 1. The van der Waals surface area contributed by atoms with Gasteiger partial charge in [0.1, 0.15) is 11.6 Å². The lowest BCUT2D eigenvalue weighted by molar-refractivity contribution is 0.470. The van der Waals surface area contributed by atoms with Crippen LogP contribution < -0.4 is 5.32 Å². The summed E-state index contributed by atoms with van der Waals surface area (Å²) in [5, 5.41) is 12.9. The Bertz CT molecular complexity index is 599. The van der Waals surface area contributed by atoms with Crippen molar-refractivity contribution in [2.45, 2.75) is 26.8 Å². The second-order valence-electron chi connectivity index (χ2n) is 4.76. The summed E-state index contributed by atoms with van der Waals surface area (Å²) in [6.45, 7) is 5.70. The molecule has 1 aromatic heterocycles. The summed E-state index contributed by atoms with van der Waals surface area (Å²) < 4.78 is 13.1. The minimum Gasteiger partial charge on any atom is -0.508 e. The average Bonchev–Trinajstić information content (AvgIpc) is 2.36. The van der Waals surface area contributed by atoms with Crippen molar-refractivity contribution >= 4 is 5.69 Å². The van der Waals surface area contributed by atoms with Gasteiger partial charge in [0.05, 0.1) is 12.2 Å². The Morgan fingerprint density at radius 2 is 1.89 bits per heavy atom. The standard InChI is InChI=1S/C15H17FN2O/c1-9-5-15(19)10(2)4-14(9)18-11(3)12-6-13(16)8-17-7-12/h4-8,11,18-19H,1-3H3. The van der Waals surface area contributed by atoms with Crippen molar-refractivity contribution in [3.8, 4) is 5.75 Å². The zero-order chi connectivity index (χ0) is 14.0. The number of hydrogen-bond acceptors (Lipinski definition) is 3. The highest BCUT2D eigenvalue weighted by Crippen LogP contribution is 2.28. The van der Waals surface area contributed by atoms with Crippen LogP contribution in [0.3, 0.4) is 0 Å². The number of aryl methyl sites for hydroxylation is 2. The fraction of sp³-hybridized carbons (Fsp3) is 0.267. The molecule has 0 saturated carbocycles. The molecule has 2 rings (SSSR count). The van der Waals surface area contributed by atoms with Gasteiger partial charge in [0, 0.05) is 11.9 Å². The average molecular weight is 260 g/mol. The molecular weight excluding hydrogens is 243 g/mol. The SMILES string of the molecule is Cc1cc(NC(C)c2cncc(F)c2)c(C)cc1O. The highest BCUT2D eigenvalue weighted by molar-refractivity contribution is 5.57. The van der Waals surface area contributed by atoms with Crippen LogP contribution in [0, 0.1) is 19.7 Å². The van der Waals surface area contributed by atoms with Gasteiger partial charge >= 0.3 is 0 Å². The van der Waals surface area contributed by atoms with Gasteiger partial charge in [-0.2, -0.15) is 0 Å². The molecule has 1 unspecified atom stereocenters. The fourth-order valence-electron chi connectivity index (χ4n) is 1.94. The summed E-state index contributed by atoms with van der Waals surface area (Å²) in [7, 11) is 0. The van der Waals surface area contributed by atoms with Crippen LogP contribution >= 0.6 is 0 Å². The summed E-state index contributed by atoms with van der Waals surface area (Å²) in [6.07, 6.45) is 2.83. The lowest BCUT2D eigenvalue weighted by Crippen LogP contribution is -2.08. The Hall–Kier alpha value is -2.10. The third-order valence-corrected chi connectivity index (χ3v) is 3.14. The van der Waals surface area contributed by atoms with Crippen LogP contribution in [0.15, 0.2) is 30.6 Å². The van der Waals surface area contributed by atoms with Crippen molar-refractivity contribution in [1.29, 1.82) is 0 Å². The highest BCUT2D eigenvalue weighted by atomic mass is 19.1. The highest BCUT2D eigenvalue weighted by Gasteiger charge is 2.10. The number of aromatic nitrogens is 1. The molecule has 0 aliphatic heterocycles. The van der Waals surface area contributed by atoms with Gasteiger partial charge < -0.3 is 10.4 Å². The summed E-state index contributed by atoms with van der Waals surface area (Å²) in [4.78, 5) is 3.85. The molecular formula is C15H17FN2O. The van der Waals surface area contributed by atoms with Crippen molar-refractivity contribution in [3.05, 3.63) is 53.1 Å². The molecule has 2 aromatic rings. The first-order chi connectivity index (χ1) is 8.97. The maximum atomic E-state index is 13.1. The first kappa shape index (κ1) is 13.3. The van der Waals surface area contributed by atoms with Gasteiger partial charge in [-0.25, -0.2) is 4.39 Å². The topological polar surface area (TPSA) is 45.2 Å². The molecule has 0 saturated heterocycles. The first-order valence-corrected chi connectivity index (χ1v) is 6.14. The number of anilines is 1. The molecule has 0 aliphatic rings. The van der Waals surface area contributed by atoms with Gasteiger partial charge in [-0.1, -0.05) is 0 Å². The molecule has 0 amide bonds. The molecule has 19 heavy (non-hydrogen) atoms. The van der Waals surface area contributed by atoms with Crippen LogP contribution in [0.4, 0.5) is 10.1 Å². The van der Waals surface area contributed by atoms with E-state index in [-0.39, 0.29) is 17.6 Å². The van der Waals surface area contributed by atoms with E-state index in [0.717, 1.165) is 22.4 Å². The monoisotopic (exact) mass is 260 g/mol. The first-order valence-electron chi connectivity index (χ1n) is 6.14. The van der Waals surface area contributed by atoms with Crippen molar-refractivity contribution < 1.29 is 9.50 Å². The van der Waals surface area contributed by atoms with Gasteiger partial charge in [0.2, 0.25) is 0 Å². The summed E-state index contributed by atoms with van der Waals surface area (Å²) in [5.41, 5.74) is 3.45. The maximum absolute atomic E-state index is 13.1. The van der Waals surface area contributed by atoms with Gasteiger partial charge in [0.15, 0.2) is 0 Å². The number of pyridine rings is 1. The molecule has 2 N–H and O–H groups in total. The zero-order valence-electron chi connectivity index (χ0n) is 11.2. The summed E-state index contributed by atoms with van der Waals surface area (Å²) >= 11 is 0. The molecule has 3 nitrogen and oxygen atoms in total. The number of rotatable bonds is 3. The Balaban J connectivity index is 2.24. The van der Waals surface area contributed by atoms with Crippen molar-refractivity contribution in [2.75, 3.05) is 5.32 Å². The van der Waals surface area contributed by atoms with Crippen LogP contribution in [-0.2, 0) is 0 Å². The largest absolute Gasteiger partial charge is 0.508 e. The summed E-state index contributed by atoms with van der Waals surface area (Å²) in [6, 6.07) is 5.00. The van der Waals surface area contributed by atoms with E-state index in [1.165, 1.54) is 12.3 Å². The van der Waals surface area contributed by atoms with E-state index in [0.29, 0.717) is 0 Å². The van der Waals surface area contributed by atoms with Gasteiger partial charge in [-0.05, 0) is 55.7 Å². The zero-order valence-corrected chi connectivity index (χ0v) is 11.2. The van der Waals surface area contributed by atoms with Crippen molar-refractivity contribution in [2.24, 2.45) is 0 Å². The van der Waals surface area contributed by atoms with E-state index in [1.807, 2.05) is 26.8 Å². The molecule has 0 bridgehead atoms. The Morgan fingerprint density at radius 3 is 2.58 bits per heavy atom. The number of phenolic OH excluding ortho intramolecular Hbond substituents is 1. The molecule has 0 spiro atoms. The summed E-state index contributed by atoms with van der Waals surface area (Å²) in [5.74, 6) is -0.0621. The third kappa shape index (κ3) is 3.02. The number of benzene rings is 1. The number of halogens is 1. The minimum atomic E-state index is -0.343. The second kappa shape index (κ2) is 5.26. The Morgan fingerprint density at radius 1 is 1.16 bits per heavy atom. The fourth-order valence-corrected chi connectivity index (χ4v) is 1.94. The normalized spacial score (nSPS) is 12.2.